The molecule has 9 aromatic rings. The topological polar surface area (TPSA) is 82.9 Å². The molecule has 294 valence electrons. The first kappa shape index (κ1) is 36.8. The van der Waals surface area contributed by atoms with Crippen LogP contribution in [0.15, 0.2) is 213 Å². The molecular weight excluding hydrogens is 763 g/mol. The van der Waals surface area contributed by atoms with E-state index in [1.807, 2.05) is 110 Å². The minimum atomic E-state index is -0.267. The average molecular weight is 800 g/mol. The fourth-order valence-electron chi connectivity index (χ4n) is 8.13. The van der Waals surface area contributed by atoms with Gasteiger partial charge in [0.15, 0.2) is 41.2 Å². The van der Waals surface area contributed by atoms with Crippen LogP contribution in [0.5, 0.6) is 11.5 Å². The lowest BCUT2D eigenvalue weighted by molar-refractivity contribution is 0.0769. The van der Waals surface area contributed by atoms with Crippen LogP contribution in [0.3, 0.4) is 0 Å². The fourth-order valence-corrected chi connectivity index (χ4v) is 8.13. The maximum Gasteiger partial charge on any atom is 0.170 e. The maximum absolute atomic E-state index is 6.90. The summed E-state index contributed by atoms with van der Waals surface area (Å²) in [6.45, 7) is 0. The first-order chi connectivity index (χ1) is 30.7. The molecule has 2 aliphatic rings. The lowest BCUT2D eigenvalue weighted by atomic mass is 9.91. The molecule has 7 nitrogen and oxygen atoms in total. The molecule has 2 unspecified atom stereocenters. The van der Waals surface area contributed by atoms with E-state index in [1.54, 1.807) is 0 Å². The Morgan fingerprint density at radius 2 is 0.710 bits per heavy atom. The Bertz CT molecular complexity index is 3060. The number of aromatic nitrogens is 5. The number of hydrogen-bond acceptors (Lipinski definition) is 7. The van der Waals surface area contributed by atoms with Crippen molar-refractivity contribution in [3.8, 4) is 101 Å². The summed E-state index contributed by atoms with van der Waals surface area (Å²) in [6, 6.07) is 56.1. The summed E-state index contributed by atoms with van der Waals surface area (Å²) in [4.78, 5) is 23.6. The van der Waals surface area contributed by atoms with E-state index in [4.69, 9.17) is 24.4 Å². The van der Waals surface area contributed by atoms with Gasteiger partial charge in [0.1, 0.15) is 0 Å². The van der Waals surface area contributed by atoms with E-state index >= 15 is 0 Å². The van der Waals surface area contributed by atoms with Gasteiger partial charge >= 0.3 is 0 Å². The number of ether oxygens (including phenoxy) is 2. The van der Waals surface area contributed by atoms with Crippen LogP contribution in [0.1, 0.15) is 0 Å². The quantitative estimate of drug-likeness (QED) is 0.151. The van der Waals surface area contributed by atoms with Gasteiger partial charge in [-0.1, -0.05) is 115 Å². The Labute approximate surface area is 359 Å². The lowest BCUT2D eigenvalue weighted by Gasteiger charge is -2.34. The smallest absolute Gasteiger partial charge is 0.170 e. The highest BCUT2D eigenvalue weighted by atomic mass is 16.6. The molecule has 62 heavy (non-hydrogen) atoms. The number of fused-ring (bicyclic) bond motifs is 2. The largest absolute Gasteiger partial charge is 0.478 e. The number of hydrogen-bond donors (Lipinski definition) is 0. The number of pyridine rings is 2. The predicted octanol–water partition coefficient (Wildman–Crippen LogP) is 12.6. The lowest BCUT2D eigenvalue weighted by Crippen LogP contribution is -2.38. The Morgan fingerprint density at radius 3 is 1.27 bits per heavy atom. The van der Waals surface area contributed by atoms with Crippen molar-refractivity contribution in [1.82, 2.24) is 24.9 Å². The standard InChI is InChI=1S/C55H37N5O2/c1-3-10-36(11-4-1)42-14-9-15-43(32-42)55-59-53(40-12-5-2-6-13-40)58-54(60-55)41-20-18-39(19-21-41)47-22-23-48(52-51(47)61-49-16-7-8-17-50(49)62-52)46-34-44(37-24-28-56-29-25-37)33-45(35-46)38-26-30-57-31-27-38/h1-35,49-50H. The summed E-state index contributed by atoms with van der Waals surface area (Å²) in [5, 5.41) is 0. The van der Waals surface area contributed by atoms with Crippen molar-refractivity contribution in [2.45, 2.75) is 12.2 Å². The highest BCUT2D eigenvalue weighted by Crippen LogP contribution is 2.50. The van der Waals surface area contributed by atoms with Crippen LogP contribution in [0, 0.1) is 0 Å². The number of benzene rings is 6. The van der Waals surface area contributed by atoms with Crippen LogP contribution in [-0.4, -0.2) is 37.1 Å². The van der Waals surface area contributed by atoms with Gasteiger partial charge in [-0.25, -0.2) is 15.0 Å². The highest BCUT2D eigenvalue weighted by Gasteiger charge is 2.33. The van der Waals surface area contributed by atoms with Gasteiger partial charge in [-0.3, -0.25) is 9.97 Å². The van der Waals surface area contributed by atoms with E-state index in [0.717, 1.165) is 72.3 Å². The second-order valence-corrected chi connectivity index (χ2v) is 15.2. The normalized spacial score (nSPS) is 14.9. The second kappa shape index (κ2) is 16.0. The molecule has 0 saturated heterocycles. The third-order valence-corrected chi connectivity index (χ3v) is 11.3. The summed E-state index contributed by atoms with van der Waals surface area (Å²) in [7, 11) is 0. The Balaban J connectivity index is 1.01. The zero-order valence-electron chi connectivity index (χ0n) is 33.4. The van der Waals surface area contributed by atoms with Gasteiger partial charge in [0.2, 0.25) is 0 Å². The third-order valence-electron chi connectivity index (χ3n) is 11.3. The molecule has 0 spiro atoms. The van der Waals surface area contributed by atoms with Gasteiger partial charge < -0.3 is 9.47 Å². The molecule has 11 rings (SSSR count). The monoisotopic (exact) mass is 799 g/mol. The van der Waals surface area contributed by atoms with E-state index < -0.39 is 0 Å². The second-order valence-electron chi connectivity index (χ2n) is 15.2. The van der Waals surface area contributed by atoms with Crippen LogP contribution >= 0.6 is 0 Å². The molecule has 0 amide bonds. The average Bonchev–Trinajstić information content (AvgIpc) is 3.36. The Morgan fingerprint density at radius 1 is 0.306 bits per heavy atom. The van der Waals surface area contributed by atoms with Gasteiger partial charge in [0.25, 0.3) is 0 Å². The molecule has 0 saturated carbocycles. The molecule has 1 aliphatic carbocycles. The first-order valence-electron chi connectivity index (χ1n) is 20.6. The van der Waals surface area contributed by atoms with Crippen molar-refractivity contribution in [3.63, 3.8) is 0 Å². The molecule has 1 aliphatic heterocycles. The van der Waals surface area contributed by atoms with Gasteiger partial charge in [0, 0.05) is 52.6 Å². The summed E-state index contributed by atoms with van der Waals surface area (Å²) < 4.78 is 13.8. The number of allylic oxidation sites excluding steroid dienone is 2. The summed E-state index contributed by atoms with van der Waals surface area (Å²) >= 11 is 0. The Hall–Kier alpha value is -8.29. The zero-order valence-corrected chi connectivity index (χ0v) is 33.4. The molecular formula is C55H37N5O2. The molecule has 7 heteroatoms. The maximum atomic E-state index is 6.90. The molecule has 0 N–H and O–H groups in total. The molecule has 2 atom stereocenters. The minimum Gasteiger partial charge on any atom is -0.478 e. The van der Waals surface area contributed by atoms with Gasteiger partial charge in [-0.2, -0.15) is 0 Å². The molecule has 4 heterocycles. The SMILES string of the molecule is C1=CC2Oc3c(-c4ccc(-c5nc(-c6ccccc6)nc(-c6cccc(-c7ccccc7)c6)n5)cc4)ccc(-c4cc(-c5ccncc5)cc(-c5ccncc5)c4)c3OC2C=C1. The van der Waals surface area contributed by atoms with E-state index in [0.29, 0.717) is 29.0 Å². The molecule has 0 fully saturated rings. The third kappa shape index (κ3) is 7.22. The van der Waals surface area contributed by atoms with Crippen molar-refractivity contribution >= 4 is 0 Å². The van der Waals surface area contributed by atoms with Crippen molar-refractivity contribution in [2.75, 3.05) is 0 Å². The molecule has 0 radical (unpaired) electrons. The van der Waals surface area contributed by atoms with Crippen LogP contribution < -0.4 is 9.47 Å². The molecule has 0 bridgehead atoms. The fraction of sp³-hybridized carbons (Fsp3) is 0.0364. The summed E-state index contributed by atoms with van der Waals surface area (Å²) in [6.07, 6.45) is 14.9. The van der Waals surface area contributed by atoms with Crippen LogP contribution in [0.2, 0.25) is 0 Å². The van der Waals surface area contributed by atoms with E-state index in [9.17, 15) is 0 Å². The first-order valence-corrected chi connectivity index (χ1v) is 20.6. The number of nitrogens with zero attached hydrogens (tertiary/aromatic N) is 5. The summed E-state index contributed by atoms with van der Waals surface area (Å²) in [5.41, 5.74) is 13.1. The van der Waals surface area contributed by atoms with Gasteiger partial charge in [0.05, 0.1) is 0 Å². The summed E-state index contributed by atoms with van der Waals surface area (Å²) in [5.74, 6) is 3.20. The Kier molecular flexibility index (Phi) is 9.52. The minimum absolute atomic E-state index is 0.267. The van der Waals surface area contributed by atoms with Crippen molar-refractivity contribution in [1.29, 1.82) is 0 Å². The van der Waals surface area contributed by atoms with E-state index in [2.05, 4.69) is 113 Å². The highest BCUT2D eigenvalue weighted by molar-refractivity contribution is 5.88. The zero-order chi connectivity index (χ0) is 41.2. The molecule has 3 aromatic heterocycles. The number of rotatable bonds is 8. The van der Waals surface area contributed by atoms with Crippen molar-refractivity contribution < 1.29 is 9.47 Å². The van der Waals surface area contributed by atoms with Crippen LogP contribution in [0.25, 0.3) is 89.8 Å². The van der Waals surface area contributed by atoms with Crippen LogP contribution in [-0.2, 0) is 0 Å². The van der Waals surface area contributed by atoms with Crippen molar-refractivity contribution in [3.05, 3.63) is 213 Å². The van der Waals surface area contributed by atoms with E-state index in [1.165, 1.54) is 0 Å². The van der Waals surface area contributed by atoms with Gasteiger partial charge in [-0.15, -0.1) is 0 Å². The van der Waals surface area contributed by atoms with Crippen molar-refractivity contribution in [2.24, 2.45) is 0 Å². The van der Waals surface area contributed by atoms with Crippen LogP contribution in [0.4, 0.5) is 0 Å². The van der Waals surface area contributed by atoms with E-state index in [-0.39, 0.29) is 12.2 Å². The predicted molar refractivity (Wildman–Crippen MR) is 246 cm³/mol. The van der Waals surface area contributed by atoms with Gasteiger partial charge in [-0.05, 0) is 117 Å². The molecule has 6 aromatic carbocycles.